The zero-order valence-electron chi connectivity index (χ0n) is 6.62. The van der Waals surface area contributed by atoms with Crippen LogP contribution >= 0.6 is 0 Å². The van der Waals surface area contributed by atoms with Gasteiger partial charge in [-0.3, -0.25) is 5.10 Å². The zero-order chi connectivity index (χ0) is 8.39. The molecule has 1 saturated carbocycles. The van der Waals surface area contributed by atoms with Crippen LogP contribution in [-0.4, -0.2) is 22.3 Å². The molecule has 1 aliphatic carbocycles. The van der Waals surface area contributed by atoms with Crippen LogP contribution in [0.4, 0.5) is 0 Å². The summed E-state index contributed by atoms with van der Waals surface area (Å²) >= 11 is 0. The molecule has 1 aromatic rings. The van der Waals surface area contributed by atoms with Gasteiger partial charge in [-0.2, -0.15) is 5.10 Å². The second kappa shape index (κ2) is 2.97. The highest BCUT2D eigenvalue weighted by molar-refractivity contribution is 5.88. The summed E-state index contributed by atoms with van der Waals surface area (Å²) in [6.07, 6.45) is 6.34. The van der Waals surface area contributed by atoms with E-state index in [-0.39, 0.29) is 12.1 Å². The minimum atomic E-state index is -0.270. The van der Waals surface area contributed by atoms with E-state index >= 15 is 0 Å². The van der Waals surface area contributed by atoms with Crippen molar-refractivity contribution in [1.82, 2.24) is 10.2 Å². The summed E-state index contributed by atoms with van der Waals surface area (Å²) < 4.78 is 5.13. The number of aromatic nitrogens is 2. The second-order valence-corrected chi connectivity index (χ2v) is 2.95. The van der Waals surface area contributed by atoms with Crippen LogP contribution in [0.1, 0.15) is 29.6 Å². The Labute approximate surface area is 69.9 Å². The van der Waals surface area contributed by atoms with Gasteiger partial charge in [0.25, 0.3) is 0 Å². The van der Waals surface area contributed by atoms with Crippen LogP contribution in [0.25, 0.3) is 0 Å². The molecule has 0 bridgehead atoms. The summed E-state index contributed by atoms with van der Waals surface area (Å²) in [6.45, 7) is 0. The Morgan fingerprint density at radius 2 is 2.50 bits per heavy atom. The van der Waals surface area contributed by atoms with Crippen molar-refractivity contribution in [2.75, 3.05) is 0 Å². The number of carbonyl (C=O) groups is 1. The maximum absolute atomic E-state index is 11.2. The van der Waals surface area contributed by atoms with Gasteiger partial charge in [0.05, 0.1) is 11.8 Å². The van der Waals surface area contributed by atoms with Crippen LogP contribution in [0, 0.1) is 0 Å². The highest BCUT2D eigenvalue weighted by Gasteiger charge is 2.22. The van der Waals surface area contributed by atoms with Crippen LogP contribution in [0.5, 0.6) is 0 Å². The Hall–Kier alpha value is -1.32. The molecule has 4 heteroatoms. The molecule has 1 heterocycles. The number of ether oxygens (including phenoxy) is 1. The summed E-state index contributed by atoms with van der Waals surface area (Å²) in [6, 6.07) is 0. The molecule has 4 nitrogen and oxygen atoms in total. The van der Waals surface area contributed by atoms with E-state index in [4.69, 9.17) is 4.74 Å². The van der Waals surface area contributed by atoms with Crippen LogP contribution in [0.2, 0.25) is 0 Å². The molecule has 1 N–H and O–H groups in total. The van der Waals surface area contributed by atoms with Crippen LogP contribution in [-0.2, 0) is 4.74 Å². The quantitative estimate of drug-likeness (QED) is 0.670. The number of rotatable bonds is 2. The van der Waals surface area contributed by atoms with Crippen LogP contribution < -0.4 is 0 Å². The zero-order valence-corrected chi connectivity index (χ0v) is 6.62. The second-order valence-electron chi connectivity index (χ2n) is 2.95. The lowest BCUT2D eigenvalue weighted by Gasteiger charge is -2.24. The van der Waals surface area contributed by atoms with Gasteiger partial charge in [0.1, 0.15) is 6.10 Å². The molecule has 1 aromatic heterocycles. The molecule has 64 valence electrons. The molecule has 1 fully saturated rings. The minimum Gasteiger partial charge on any atom is -0.459 e. The van der Waals surface area contributed by atoms with E-state index in [0.29, 0.717) is 5.56 Å². The molecule has 0 aromatic carbocycles. The molecule has 0 aliphatic heterocycles. The third-order valence-electron chi connectivity index (χ3n) is 2.06. The van der Waals surface area contributed by atoms with E-state index < -0.39 is 0 Å². The van der Waals surface area contributed by atoms with Gasteiger partial charge in [-0.1, -0.05) is 0 Å². The van der Waals surface area contributed by atoms with Crippen LogP contribution in [0.15, 0.2) is 12.4 Å². The highest BCUT2D eigenvalue weighted by Crippen LogP contribution is 2.22. The Kier molecular flexibility index (Phi) is 1.81. The monoisotopic (exact) mass is 166 g/mol. The maximum Gasteiger partial charge on any atom is 0.341 e. The number of nitrogens with zero attached hydrogens (tertiary/aromatic N) is 1. The molecule has 0 amide bonds. The van der Waals surface area contributed by atoms with Crippen molar-refractivity contribution in [1.29, 1.82) is 0 Å². The molecule has 1 aliphatic rings. The molecule has 0 spiro atoms. The average molecular weight is 166 g/mol. The van der Waals surface area contributed by atoms with Crippen molar-refractivity contribution < 1.29 is 9.53 Å². The van der Waals surface area contributed by atoms with E-state index in [1.807, 2.05) is 0 Å². The fraction of sp³-hybridized carbons (Fsp3) is 0.500. The maximum atomic E-state index is 11.2. The highest BCUT2D eigenvalue weighted by atomic mass is 16.5. The van der Waals surface area contributed by atoms with Gasteiger partial charge in [0.2, 0.25) is 0 Å². The predicted molar refractivity (Wildman–Crippen MR) is 41.6 cm³/mol. The Morgan fingerprint density at radius 3 is 3.00 bits per heavy atom. The molecule has 12 heavy (non-hydrogen) atoms. The van der Waals surface area contributed by atoms with Gasteiger partial charge in [0.15, 0.2) is 0 Å². The fourth-order valence-electron chi connectivity index (χ4n) is 1.07. The van der Waals surface area contributed by atoms with Gasteiger partial charge in [-0.25, -0.2) is 4.79 Å². The largest absolute Gasteiger partial charge is 0.459 e. The lowest BCUT2D eigenvalue weighted by molar-refractivity contribution is 0.00902. The SMILES string of the molecule is O=C(OC1CCC1)c1cn[nH]c1. The molecular formula is C8H10N2O2. The van der Waals surface area contributed by atoms with E-state index in [9.17, 15) is 4.79 Å². The van der Waals surface area contributed by atoms with Crippen molar-refractivity contribution >= 4 is 5.97 Å². The average Bonchev–Trinajstić information content (AvgIpc) is 2.47. The molecule has 0 unspecified atom stereocenters. The third kappa shape index (κ3) is 1.32. The van der Waals surface area contributed by atoms with E-state index in [1.165, 1.54) is 12.6 Å². The lowest BCUT2D eigenvalue weighted by atomic mass is 9.96. The van der Waals surface area contributed by atoms with Gasteiger partial charge < -0.3 is 4.74 Å². The Bertz CT molecular complexity index is 265. The smallest absolute Gasteiger partial charge is 0.341 e. The molecule has 0 atom stereocenters. The van der Waals surface area contributed by atoms with E-state index in [0.717, 1.165) is 12.8 Å². The minimum absolute atomic E-state index is 0.146. The third-order valence-corrected chi connectivity index (χ3v) is 2.06. The van der Waals surface area contributed by atoms with Crippen molar-refractivity contribution in [3.63, 3.8) is 0 Å². The first-order chi connectivity index (χ1) is 5.86. The number of esters is 1. The van der Waals surface area contributed by atoms with Crippen molar-refractivity contribution in [2.24, 2.45) is 0 Å². The number of nitrogens with one attached hydrogen (secondary N) is 1. The number of hydrogen-bond donors (Lipinski definition) is 1. The fourth-order valence-corrected chi connectivity index (χ4v) is 1.07. The first-order valence-electron chi connectivity index (χ1n) is 4.06. The van der Waals surface area contributed by atoms with Crippen molar-refractivity contribution in [3.05, 3.63) is 18.0 Å². The first-order valence-corrected chi connectivity index (χ1v) is 4.06. The van der Waals surface area contributed by atoms with Gasteiger partial charge >= 0.3 is 5.97 Å². The van der Waals surface area contributed by atoms with Crippen LogP contribution in [0.3, 0.4) is 0 Å². The Morgan fingerprint density at radius 1 is 1.67 bits per heavy atom. The first kappa shape index (κ1) is 7.34. The topological polar surface area (TPSA) is 55.0 Å². The van der Waals surface area contributed by atoms with Gasteiger partial charge in [-0.05, 0) is 19.3 Å². The number of carbonyl (C=O) groups excluding carboxylic acids is 1. The molecule has 0 saturated heterocycles. The molecule has 2 rings (SSSR count). The van der Waals surface area contributed by atoms with Crippen molar-refractivity contribution in [2.45, 2.75) is 25.4 Å². The van der Waals surface area contributed by atoms with E-state index in [2.05, 4.69) is 10.2 Å². The molecular weight excluding hydrogens is 156 g/mol. The van der Waals surface area contributed by atoms with Gasteiger partial charge in [-0.15, -0.1) is 0 Å². The summed E-state index contributed by atoms with van der Waals surface area (Å²) in [5.41, 5.74) is 0.502. The van der Waals surface area contributed by atoms with Gasteiger partial charge in [0, 0.05) is 6.20 Å². The number of aromatic amines is 1. The number of H-pyrrole nitrogens is 1. The standard InChI is InChI=1S/C8H10N2O2/c11-8(6-4-9-10-5-6)12-7-2-1-3-7/h4-5,7H,1-3H2,(H,9,10). The van der Waals surface area contributed by atoms with Crippen molar-refractivity contribution in [3.8, 4) is 0 Å². The normalized spacial score (nSPS) is 17.0. The lowest BCUT2D eigenvalue weighted by Crippen LogP contribution is -2.24. The summed E-state index contributed by atoms with van der Waals surface area (Å²) in [5, 5.41) is 6.24. The Balaban J connectivity index is 1.92. The summed E-state index contributed by atoms with van der Waals surface area (Å²) in [7, 11) is 0. The van der Waals surface area contributed by atoms with E-state index in [1.54, 1.807) is 6.20 Å². The molecule has 0 radical (unpaired) electrons. The summed E-state index contributed by atoms with van der Waals surface area (Å²) in [4.78, 5) is 11.2. The predicted octanol–water partition coefficient (Wildman–Crippen LogP) is 1.12. The summed E-state index contributed by atoms with van der Waals surface area (Å²) in [5.74, 6) is -0.270. The number of hydrogen-bond acceptors (Lipinski definition) is 3.